The Hall–Kier alpha value is -1.40. The number of carbonyl (C=O) groups is 2. The summed E-state index contributed by atoms with van der Waals surface area (Å²) in [5.41, 5.74) is 0.0954. The molecule has 112 valence electrons. The summed E-state index contributed by atoms with van der Waals surface area (Å²) in [6.45, 7) is 8.85. The molecule has 2 aliphatic rings. The van der Waals surface area contributed by atoms with E-state index in [1.807, 2.05) is 0 Å². The highest BCUT2D eigenvalue weighted by molar-refractivity contribution is 6.07. The monoisotopic (exact) mass is 281 g/mol. The molecule has 0 aromatic rings. The summed E-state index contributed by atoms with van der Waals surface area (Å²) in [5, 5.41) is 6.06. The van der Waals surface area contributed by atoms with E-state index in [9.17, 15) is 9.59 Å². The molecule has 2 saturated heterocycles. The number of hydrogen-bond acceptors (Lipinski definition) is 4. The normalized spacial score (nSPS) is 21.4. The van der Waals surface area contributed by atoms with Crippen LogP contribution in [-0.2, 0) is 9.53 Å². The third kappa shape index (κ3) is 3.02. The number of carbonyl (C=O) groups excluding carboxylic acids is 2. The molecule has 3 amide bonds. The lowest BCUT2D eigenvalue weighted by molar-refractivity contribution is -0.134. The molecular formula is C14H23N3O3. The van der Waals surface area contributed by atoms with Crippen molar-refractivity contribution >= 4 is 11.9 Å². The molecule has 2 aliphatic heterocycles. The van der Waals surface area contributed by atoms with Crippen LogP contribution in [0.5, 0.6) is 0 Å². The van der Waals surface area contributed by atoms with Gasteiger partial charge in [0.25, 0.3) is 5.91 Å². The number of urea groups is 1. The second-order valence-corrected chi connectivity index (χ2v) is 5.44. The maximum atomic E-state index is 12.5. The highest BCUT2D eigenvalue weighted by Crippen LogP contribution is 2.28. The Morgan fingerprint density at radius 2 is 2.15 bits per heavy atom. The fourth-order valence-corrected chi connectivity index (χ4v) is 2.60. The summed E-state index contributed by atoms with van der Waals surface area (Å²) in [4.78, 5) is 25.8. The van der Waals surface area contributed by atoms with Crippen molar-refractivity contribution in [3.63, 3.8) is 0 Å². The fraction of sp³-hybridized carbons (Fsp3) is 0.714. The molecule has 20 heavy (non-hydrogen) atoms. The van der Waals surface area contributed by atoms with Crippen LogP contribution < -0.4 is 10.6 Å². The smallest absolute Gasteiger partial charge is 0.325 e. The predicted molar refractivity (Wildman–Crippen MR) is 75.3 cm³/mol. The van der Waals surface area contributed by atoms with Crippen molar-refractivity contribution in [3.05, 3.63) is 12.2 Å². The fourth-order valence-electron chi connectivity index (χ4n) is 2.60. The van der Waals surface area contributed by atoms with Crippen LogP contribution in [0.15, 0.2) is 12.2 Å². The predicted octanol–water partition coefficient (Wildman–Crippen LogP) is 0.643. The van der Waals surface area contributed by atoms with Gasteiger partial charge in [0.15, 0.2) is 0 Å². The van der Waals surface area contributed by atoms with Crippen molar-refractivity contribution in [2.45, 2.75) is 31.7 Å². The SMILES string of the molecule is C=C(CNCCC)CN1C(=O)NC2(CCOCC2)C1=O. The first-order chi connectivity index (χ1) is 9.59. The van der Waals surface area contributed by atoms with E-state index in [0.29, 0.717) is 32.6 Å². The van der Waals surface area contributed by atoms with Gasteiger partial charge in [0.1, 0.15) is 5.54 Å². The van der Waals surface area contributed by atoms with Crippen molar-refractivity contribution < 1.29 is 14.3 Å². The maximum Gasteiger partial charge on any atom is 0.325 e. The average molecular weight is 281 g/mol. The Bertz CT molecular complexity index is 402. The van der Waals surface area contributed by atoms with Gasteiger partial charge in [-0.1, -0.05) is 13.5 Å². The second-order valence-electron chi connectivity index (χ2n) is 5.44. The van der Waals surface area contributed by atoms with Gasteiger partial charge in [0.05, 0.1) is 6.54 Å². The van der Waals surface area contributed by atoms with Crippen LogP contribution >= 0.6 is 0 Å². The van der Waals surface area contributed by atoms with E-state index in [2.05, 4.69) is 24.1 Å². The van der Waals surface area contributed by atoms with E-state index >= 15 is 0 Å². The van der Waals surface area contributed by atoms with Crippen LogP contribution in [0.2, 0.25) is 0 Å². The standard InChI is InChI=1S/C14H23N3O3/c1-3-6-15-9-11(2)10-17-12(18)14(16-13(17)19)4-7-20-8-5-14/h15H,2-10H2,1H3,(H,16,19). The zero-order chi connectivity index (χ0) is 14.6. The van der Waals surface area contributed by atoms with Gasteiger partial charge in [0, 0.05) is 32.6 Å². The highest BCUT2D eigenvalue weighted by Gasteiger charge is 2.51. The summed E-state index contributed by atoms with van der Waals surface area (Å²) in [6.07, 6.45) is 2.14. The van der Waals surface area contributed by atoms with Gasteiger partial charge in [-0.25, -0.2) is 4.79 Å². The van der Waals surface area contributed by atoms with Crippen molar-refractivity contribution in [1.29, 1.82) is 0 Å². The Morgan fingerprint density at radius 3 is 2.80 bits per heavy atom. The summed E-state index contributed by atoms with van der Waals surface area (Å²) in [6, 6.07) is -0.312. The number of rotatable bonds is 6. The van der Waals surface area contributed by atoms with Crippen molar-refractivity contribution in [3.8, 4) is 0 Å². The van der Waals surface area contributed by atoms with Crippen molar-refractivity contribution in [2.75, 3.05) is 32.8 Å². The minimum absolute atomic E-state index is 0.137. The van der Waals surface area contributed by atoms with E-state index in [-0.39, 0.29) is 18.5 Å². The molecule has 0 radical (unpaired) electrons. The largest absolute Gasteiger partial charge is 0.381 e. The van der Waals surface area contributed by atoms with E-state index in [4.69, 9.17) is 4.74 Å². The zero-order valence-corrected chi connectivity index (χ0v) is 12.0. The molecule has 6 heteroatoms. The number of amides is 3. The summed E-state index contributed by atoms with van der Waals surface area (Å²) < 4.78 is 5.27. The van der Waals surface area contributed by atoms with Gasteiger partial charge < -0.3 is 15.4 Å². The minimum atomic E-state index is -0.744. The highest BCUT2D eigenvalue weighted by atomic mass is 16.5. The molecule has 0 aliphatic carbocycles. The van der Waals surface area contributed by atoms with Crippen LogP contribution in [-0.4, -0.2) is 55.2 Å². The Kier molecular flexibility index (Phi) is 4.77. The quantitative estimate of drug-likeness (QED) is 0.426. The summed E-state index contributed by atoms with van der Waals surface area (Å²) >= 11 is 0. The van der Waals surface area contributed by atoms with Crippen LogP contribution in [0.3, 0.4) is 0 Å². The van der Waals surface area contributed by atoms with E-state index < -0.39 is 5.54 Å². The van der Waals surface area contributed by atoms with Crippen LogP contribution in [0.4, 0.5) is 4.79 Å². The molecule has 0 saturated carbocycles. The number of nitrogens with one attached hydrogen (secondary N) is 2. The summed E-state index contributed by atoms with van der Waals surface area (Å²) in [5.74, 6) is -0.137. The molecule has 6 nitrogen and oxygen atoms in total. The lowest BCUT2D eigenvalue weighted by Crippen LogP contribution is -2.51. The molecular weight excluding hydrogens is 258 g/mol. The molecule has 2 fully saturated rings. The van der Waals surface area contributed by atoms with E-state index in [1.54, 1.807) is 0 Å². The minimum Gasteiger partial charge on any atom is -0.381 e. The first-order valence-electron chi connectivity index (χ1n) is 7.18. The third-order valence-electron chi connectivity index (χ3n) is 3.78. The van der Waals surface area contributed by atoms with Gasteiger partial charge in [-0.05, 0) is 18.5 Å². The lowest BCUT2D eigenvalue weighted by atomic mass is 9.90. The molecule has 2 rings (SSSR count). The number of imide groups is 1. The second kappa shape index (κ2) is 6.37. The average Bonchev–Trinajstić information content (AvgIpc) is 2.65. The molecule has 0 aromatic carbocycles. The van der Waals surface area contributed by atoms with Crippen LogP contribution in [0.25, 0.3) is 0 Å². The molecule has 0 atom stereocenters. The number of hydrogen-bond donors (Lipinski definition) is 2. The molecule has 2 N–H and O–H groups in total. The molecule has 2 heterocycles. The molecule has 0 unspecified atom stereocenters. The number of nitrogens with zero attached hydrogens (tertiary/aromatic N) is 1. The molecule has 0 bridgehead atoms. The van der Waals surface area contributed by atoms with E-state index in [0.717, 1.165) is 18.5 Å². The van der Waals surface area contributed by atoms with E-state index in [1.165, 1.54) is 4.90 Å². The third-order valence-corrected chi connectivity index (χ3v) is 3.78. The van der Waals surface area contributed by atoms with Crippen LogP contribution in [0.1, 0.15) is 26.2 Å². The Morgan fingerprint density at radius 1 is 1.45 bits per heavy atom. The number of ether oxygens (including phenoxy) is 1. The topological polar surface area (TPSA) is 70.7 Å². The Labute approximate surface area is 119 Å². The van der Waals surface area contributed by atoms with Crippen molar-refractivity contribution in [1.82, 2.24) is 15.5 Å². The first-order valence-corrected chi connectivity index (χ1v) is 7.18. The van der Waals surface area contributed by atoms with Gasteiger partial charge in [0.2, 0.25) is 0 Å². The Balaban J connectivity index is 1.93. The molecule has 0 aromatic heterocycles. The van der Waals surface area contributed by atoms with Gasteiger partial charge in [-0.2, -0.15) is 0 Å². The van der Waals surface area contributed by atoms with Gasteiger partial charge in [-0.15, -0.1) is 0 Å². The zero-order valence-electron chi connectivity index (χ0n) is 12.0. The van der Waals surface area contributed by atoms with Crippen molar-refractivity contribution in [2.24, 2.45) is 0 Å². The maximum absolute atomic E-state index is 12.5. The van der Waals surface area contributed by atoms with Crippen LogP contribution in [0, 0.1) is 0 Å². The molecule has 1 spiro atoms. The summed E-state index contributed by atoms with van der Waals surface area (Å²) in [7, 11) is 0. The van der Waals surface area contributed by atoms with Gasteiger partial charge in [-0.3, -0.25) is 9.69 Å². The van der Waals surface area contributed by atoms with Gasteiger partial charge >= 0.3 is 6.03 Å². The lowest BCUT2D eigenvalue weighted by Gasteiger charge is -2.30. The first kappa shape index (κ1) is 15.0.